The summed E-state index contributed by atoms with van der Waals surface area (Å²) in [4.78, 5) is 0. The highest BCUT2D eigenvalue weighted by molar-refractivity contribution is 5.64. The Morgan fingerprint density at radius 2 is 1.17 bits per heavy atom. The van der Waals surface area contributed by atoms with Crippen molar-refractivity contribution in [3.63, 3.8) is 0 Å². The second kappa shape index (κ2) is 14.2. The first kappa shape index (κ1) is 23.5. The van der Waals surface area contributed by atoms with Crippen LogP contribution in [0.25, 0.3) is 11.1 Å². The molecular formula is C27H40O2. The molecule has 29 heavy (non-hydrogen) atoms. The molecule has 0 spiro atoms. The number of ether oxygens (including phenoxy) is 2. The molecule has 0 bridgehead atoms. The van der Waals surface area contributed by atoms with Crippen LogP contribution in [0.2, 0.25) is 0 Å². The maximum absolute atomic E-state index is 6.05. The summed E-state index contributed by atoms with van der Waals surface area (Å²) in [6, 6.07) is 17.2. The van der Waals surface area contributed by atoms with Gasteiger partial charge in [-0.25, -0.2) is 0 Å². The van der Waals surface area contributed by atoms with Crippen LogP contribution in [0.1, 0.15) is 90.2 Å². The summed E-state index contributed by atoms with van der Waals surface area (Å²) in [6.07, 6.45) is 11.7. The van der Waals surface area contributed by atoms with Gasteiger partial charge in [0.25, 0.3) is 0 Å². The smallest absolute Gasteiger partial charge is 0.119 e. The lowest BCUT2D eigenvalue weighted by atomic mass is 10.0. The third kappa shape index (κ3) is 9.04. The fraction of sp³-hybridized carbons (Fsp3) is 0.556. The third-order valence-electron chi connectivity index (χ3n) is 5.45. The van der Waals surface area contributed by atoms with E-state index in [1.165, 1.54) is 61.6 Å². The highest BCUT2D eigenvalue weighted by Crippen LogP contribution is 2.25. The molecule has 0 saturated carbocycles. The van der Waals surface area contributed by atoms with Gasteiger partial charge in [-0.3, -0.25) is 0 Å². The monoisotopic (exact) mass is 396 g/mol. The van der Waals surface area contributed by atoms with Gasteiger partial charge in [0.15, 0.2) is 0 Å². The molecule has 0 heterocycles. The quantitative estimate of drug-likeness (QED) is 0.281. The fourth-order valence-electron chi connectivity index (χ4n) is 3.44. The average Bonchev–Trinajstić information content (AvgIpc) is 2.76. The first-order valence-corrected chi connectivity index (χ1v) is 11.7. The van der Waals surface area contributed by atoms with Gasteiger partial charge in [0.1, 0.15) is 5.75 Å². The molecule has 2 aromatic rings. The van der Waals surface area contributed by atoms with Crippen LogP contribution < -0.4 is 4.74 Å². The van der Waals surface area contributed by atoms with Crippen LogP contribution in [0, 0.1) is 0 Å². The number of rotatable bonds is 15. The van der Waals surface area contributed by atoms with Crippen molar-refractivity contribution in [2.24, 2.45) is 0 Å². The molecule has 0 N–H and O–H groups in total. The average molecular weight is 397 g/mol. The Bertz CT molecular complexity index is 645. The van der Waals surface area contributed by atoms with E-state index >= 15 is 0 Å². The fourth-order valence-corrected chi connectivity index (χ4v) is 3.44. The van der Waals surface area contributed by atoms with E-state index in [0.29, 0.717) is 0 Å². The van der Waals surface area contributed by atoms with Crippen LogP contribution >= 0.6 is 0 Å². The van der Waals surface area contributed by atoms with E-state index in [4.69, 9.17) is 9.47 Å². The zero-order valence-electron chi connectivity index (χ0n) is 18.8. The van der Waals surface area contributed by atoms with Gasteiger partial charge >= 0.3 is 0 Å². The second-order valence-electron chi connectivity index (χ2n) is 7.98. The Balaban J connectivity index is 1.73. The minimum atomic E-state index is 0.151. The van der Waals surface area contributed by atoms with E-state index in [0.717, 1.165) is 31.8 Å². The first-order chi connectivity index (χ1) is 14.2. The molecule has 0 amide bonds. The lowest BCUT2D eigenvalue weighted by molar-refractivity contribution is 0.0627. The van der Waals surface area contributed by atoms with Crippen molar-refractivity contribution in [2.75, 3.05) is 13.2 Å². The molecule has 2 heteroatoms. The second-order valence-corrected chi connectivity index (χ2v) is 7.98. The third-order valence-corrected chi connectivity index (χ3v) is 5.45. The van der Waals surface area contributed by atoms with Gasteiger partial charge in [0.2, 0.25) is 0 Å². The summed E-state index contributed by atoms with van der Waals surface area (Å²) in [5.74, 6) is 0.950. The molecule has 1 unspecified atom stereocenters. The minimum Gasteiger partial charge on any atom is -0.494 e. The van der Waals surface area contributed by atoms with Gasteiger partial charge in [-0.1, -0.05) is 95.2 Å². The SMILES string of the molecule is CCCCCCCCCOC(C)c1ccc(-c2ccc(OCCCC)cc2)cc1. The number of benzene rings is 2. The predicted molar refractivity (Wildman–Crippen MR) is 125 cm³/mol. The van der Waals surface area contributed by atoms with E-state index < -0.39 is 0 Å². The lowest BCUT2D eigenvalue weighted by Gasteiger charge is -2.14. The van der Waals surface area contributed by atoms with Crippen molar-refractivity contribution in [3.05, 3.63) is 54.1 Å². The van der Waals surface area contributed by atoms with E-state index in [-0.39, 0.29) is 6.10 Å². The molecule has 0 aliphatic carbocycles. The van der Waals surface area contributed by atoms with Gasteiger partial charge in [-0.05, 0) is 48.6 Å². The Labute approximate surface area is 178 Å². The molecule has 0 saturated heterocycles. The summed E-state index contributed by atoms with van der Waals surface area (Å²) in [5, 5.41) is 0. The summed E-state index contributed by atoms with van der Waals surface area (Å²) >= 11 is 0. The summed E-state index contributed by atoms with van der Waals surface area (Å²) in [5.41, 5.74) is 3.69. The van der Waals surface area contributed by atoms with Gasteiger partial charge in [0.05, 0.1) is 12.7 Å². The van der Waals surface area contributed by atoms with Crippen molar-refractivity contribution < 1.29 is 9.47 Å². The molecule has 1 atom stereocenters. The van der Waals surface area contributed by atoms with Crippen molar-refractivity contribution in [1.29, 1.82) is 0 Å². The van der Waals surface area contributed by atoms with E-state index in [9.17, 15) is 0 Å². The molecular weight excluding hydrogens is 356 g/mol. The van der Waals surface area contributed by atoms with Crippen molar-refractivity contribution in [1.82, 2.24) is 0 Å². The van der Waals surface area contributed by atoms with Crippen molar-refractivity contribution in [3.8, 4) is 16.9 Å². The van der Waals surface area contributed by atoms with Gasteiger partial charge in [-0.15, -0.1) is 0 Å². The molecule has 2 nitrogen and oxygen atoms in total. The largest absolute Gasteiger partial charge is 0.494 e. The van der Waals surface area contributed by atoms with Gasteiger partial charge in [-0.2, -0.15) is 0 Å². The normalized spacial score (nSPS) is 12.1. The van der Waals surface area contributed by atoms with Crippen LogP contribution in [0.15, 0.2) is 48.5 Å². The zero-order valence-corrected chi connectivity index (χ0v) is 18.8. The Morgan fingerprint density at radius 1 is 0.621 bits per heavy atom. The highest BCUT2D eigenvalue weighted by atomic mass is 16.5. The topological polar surface area (TPSA) is 18.5 Å². The highest BCUT2D eigenvalue weighted by Gasteiger charge is 2.06. The maximum atomic E-state index is 6.05. The van der Waals surface area contributed by atoms with E-state index in [1.807, 2.05) is 0 Å². The molecule has 0 radical (unpaired) electrons. The molecule has 2 aromatic carbocycles. The summed E-state index contributed by atoms with van der Waals surface area (Å²) in [7, 11) is 0. The standard InChI is InChI=1S/C27H40O2/c1-4-6-8-9-10-11-12-22-28-23(3)24-13-15-25(16-14-24)26-17-19-27(20-18-26)29-21-7-5-2/h13-20,23H,4-12,21-22H2,1-3H3. The molecule has 0 fully saturated rings. The van der Waals surface area contributed by atoms with Gasteiger partial charge in [0, 0.05) is 6.61 Å². The van der Waals surface area contributed by atoms with Crippen molar-refractivity contribution >= 4 is 0 Å². The molecule has 2 rings (SSSR count). The first-order valence-electron chi connectivity index (χ1n) is 11.7. The molecule has 0 aliphatic rings. The van der Waals surface area contributed by atoms with Crippen molar-refractivity contribution in [2.45, 2.75) is 84.7 Å². The molecule has 0 aromatic heterocycles. The van der Waals surface area contributed by atoms with Crippen LogP contribution in [0.4, 0.5) is 0 Å². The van der Waals surface area contributed by atoms with E-state index in [1.54, 1.807) is 0 Å². The zero-order chi connectivity index (χ0) is 20.7. The van der Waals surface area contributed by atoms with Crippen LogP contribution in [-0.2, 0) is 4.74 Å². The minimum absolute atomic E-state index is 0.151. The number of hydrogen-bond acceptors (Lipinski definition) is 2. The summed E-state index contributed by atoms with van der Waals surface area (Å²) in [6.45, 7) is 8.25. The molecule has 160 valence electrons. The van der Waals surface area contributed by atoms with Crippen LogP contribution in [-0.4, -0.2) is 13.2 Å². The predicted octanol–water partition coefficient (Wildman–Crippen LogP) is 8.36. The maximum Gasteiger partial charge on any atom is 0.119 e. The van der Waals surface area contributed by atoms with E-state index in [2.05, 4.69) is 69.3 Å². The Kier molecular flexibility index (Phi) is 11.5. The van der Waals surface area contributed by atoms with Gasteiger partial charge < -0.3 is 9.47 Å². The van der Waals surface area contributed by atoms with Crippen LogP contribution in [0.3, 0.4) is 0 Å². The Hall–Kier alpha value is -1.80. The van der Waals surface area contributed by atoms with Crippen LogP contribution in [0.5, 0.6) is 5.75 Å². The lowest BCUT2D eigenvalue weighted by Crippen LogP contribution is -2.01. The Morgan fingerprint density at radius 3 is 1.79 bits per heavy atom. The molecule has 0 aliphatic heterocycles. The summed E-state index contributed by atoms with van der Waals surface area (Å²) < 4.78 is 11.8. The number of unbranched alkanes of at least 4 members (excludes halogenated alkanes) is 7. The number of hydrogen-bond donors (Lipinski definition) is 0.